The molecule has 0 aromatic carbocycles. The number of amides is 1. The molecule has 0 saturated carbocycles. The molecule has 0 fully saturated rings. The number of pyridine rings is 1. The summed E-state index contributed by atoms with van der Waals surface area (Å²) in [7, 11) is 1.70. The number of hydrogen-bond acceptors (Lipinski definition) is 4. The van der Waals surface area contributed by atoms with E-state index < -0.39 is 0 Å². The summed E-state index contributed by atoms with van der Waals surface area (Å²) in [6, 6.07) is 5.62. The summed E-state index contributed by atoms with van der Waals surface area (Å²) in [5, 5.41) is 0. The summed E-state index contributed by atoms with van der Waals surface area (Å²) in [5.74, 6) is 0.517. The van der Waals surface area contributed by atoms with Crippen molar-refractivity contribution in [2.24, 2.45) is 7.05 Å². The number of carbonyl (C=O) groups is 1. The van der Waals surface area contributed by atoms with Crippen LogP contribution in [0.25, 0.3) is 5.65 Å². The molecule has 0 unspecified atom stereocenters. The second-order valence-electron chi connectivity index (χ2n) is 6.08. The highest BCUT2D eigenvalue weighted by atomic mass is 16.2. The van der Waals surface area contributed by atoms with Gasteiger partial charge in [0, 0.05) is 13.2 Å². The van der Waals surface area contributed by atoms with Crippen molar-refractivity contribution in [2.45, 2.75) is 26.9 Å². The van der Waals surface area contributed by atoms with Gasteiger partial charge in [0.1, 0.15) is 17.2 Å². The van der Waals surface area contributed by atoms with E-state index >= 15 is 0 Å². The standard InChI is InChI=1S/C17H17N5O2/c1-10-15(22-7-5-4-6-14(22)18-10)17(24)21-8-12-13(9-21)19-11(2)20(3)16(12)23/h4-7H,8-9H2,1-3H3. The van der Waals surface area contributed by atoms with Crippen LogP contribution >= 0.6 is 0 Å². The zero-order valence-corrected chi connectivity index (χ0v) is 13.8. The third-order valence-corrected chi connectivity index (χ3v) is 4.58. The van der Waals surface area contributed by atoms with Crippen LogP contribution in [0.2, 0.25) is 0 Å². The second kappa shape index (κ2) is 5.02. The molecule has 4 heterocycles. The molecule has 1 amide bonds. The van der Waals surface area contributed by atoms with Gasteiger partial charge in [0.05, 0.1) is 30.0 Å². The largest absolute Gasteiger partial charge is 0.327 e. The van der Waals surface area contributed by atoms with E-state index in [1.807, 2.05) is 31.3 Å². The molecule has 0 saturated heterocycles. The summed E-state index contributed by atoms with van der Waals surface area (Å²) in [4.78, 5) is 36.0. The SMILES string of the molecule is Cc1nc2ccccn2c1C(=O)N1Cc2nc(C)n(C)c(=O)c2C1. The van der Waals surface area contributed by atoms with E-state index in [9.17, 15) is 9.59 Å². The van der Waals surface area contributed by atoms with Crippen molar-refractivity contribution in [2.75, 3.05) is 0 Å². The van der Waals surface area contributed by atoms with E-state index in [1.165, 1.54) is 4.57 Å². The summed E-state index contributed by atoms with van der Waals surface area (Å²) in [6.07, 6.45) is 1.83. The Morgan fingerprint density at radius 1 is 1.17 bits per heavy atom. The number of fused-ring (bicyclic) bond motifs is 2. The van der Waals surface area contributed by atoms with Crippen LogP contribution < -0.4 is 5.56 Å². The van der Waals surface area contributed by atoms with Crippen molar-refractivity contribution in [1.29, 1.82) is 0 Å². The van der Waals surface area contributed by atoms with Crippen LogP contribution in [0.15, 0.2) is 29.2 Å². The van der Waals surface area contributed by atoms with Crippen molar-refractivity contribution in [3.05, 3.63) is 63.2 Å². The minimum Gasteiger partial charge on any atom is -0.327 e. The molecule has 122 valence electrons. The van der Waals surface area contributed by atoms with Gasteiger partial charge < -0.3 is 4.90 Å². The molecule has 1 aliphatic rings. The first-order chi connectivity index (χ1) is 11.5. The van der Waals surface area contributed by atoms with Gasteiger partial charge in [-0.25, -0.2) is 9.97 Å². The van der Waals surface area contributed by atoms with Gasteiger partial charge in [-0.2, -0.15) is 0 Å². The van der Waals surface area contributed by atoms with E-state index in [2.05, 4.69) is 9.97 Å². The molecule has 3 aromatic heterocycles. The normalized spacial score (nSPS) is 13.5. The maximum atomic E-state index is 13.0. The average molecular weight is 323 g/mol. The van der Waals surface area contributed by atoms with Crippen molar-refractivity contribution in [1.82, 2.24) is 23.8 Å². The van der Waals surface area contributed by atoms with E-state index in [4.69, 9.17) is 0 Å². The fraction of sp³-hybridized carbons (Fsp3) is 0.294. The lowest BCUT2D eigenvalue weighted by molar-refractivity contribution is 0.0742. The molecular formula is C17H17N5O2. The third kappa shape index (κ3) is 1.97. The van der Waals surface area contributed by atoms with E-state index in [-0.39, 0.29) is 18.0 Å². The zero-order chi connectivity index (χ0) is 17.0. The number of rotatable bonds is 1. The summed E-state index contributed by atoms with van der Waals surface area (Å²) >= 11 is 0. The zero-order valence-electron chi connectivity index (χ0n) is 13.8. The van der Waals surface area contributed by atoms with Gasteiger partial charge in [-0.1, -0.05) is 6.07 Å². The molecule has 0 radical (unpaired) electrons. The predicted molar refractivity (Wildman–Crippen MR) is 87.7 cm³/mol. The molecule has 24 heavy (non-hydrogen) atoms. The van der Waals surface area contributed by atoms with Gasteiger partial charge in [-0.05, 0) is 26.0 Å². The first-order valence-electron chi connectivity index (χ1n) is 7.75. The molecule has 7 nitrogen and oxygen atoms in total. The Labute approximate surface area is 138 Å². The van der Waals surface area contributed by atoms with Gasteiger partial charge in [0.2, 0.25) is 0 Å². The number of aryl methyl sites for hydroxylation is 2. The lowest BCUT2D eigenvalue weighted by Gasteiger charge is -2.15. The Bertz CT molecular complexity index is 1050. The van der Waals surface area contributed by atoms with E-state index in [0.717, 1.165) is 5.65 Å². The summed E-state index contributed by atoms with van der Waals surface area (Å²) < 4.78 is 3.31. The maximum Gasteiger partial charge on any atom is 0.273 e. The Hall–Kier alpha value is -2.96. The fourth-order valence-corrected chi connectivity index (χ4v) is 3.19. The predicted octanol–water partition coefficient (Wildman–Crippen LogP) is 1.20. The lowest BCUT2D eigenvalue weighted by atomic mass is 10.2. The quantitative estimate of drug-likeness (QED) is 0.674. The molecule has 7 heteroatoms. The minimum atomic E-state index is -0.135. The smallest absolute Gasteiger partial charge is 0.273 e. The Kier molecular flexibility index (Phi) is 3.06. The molecule has 0 bridgehead atoms. The van der Waals surface area contributed by atoms with Crippen LogP contribution in [0.5, 0.6) is 0 Å². The summed E-state index contributed by atoms with van der Waals surface area (Å²) in [6.45, 7) is 4.25. The topological polar surface area (TPSA) is 72.5 Å². The van der Waals surface area contributed by atoms with Crippen molar-refractivity contribution in [3.8, 4) is 0 Å². The average Bonchev–Trinajstić information content (AvgIpc) is 3.12. The summed E-state index contributed by atoms with van der Waals surface area (Å²) in [5.41, 5.74) is 3.16. The second-order valence-corrected chi connectivity index (χ2v) is 6.08. The number of hydrogen-bond donors (Lipinski definition) is 0. The van der Waals surface area contributed by atoms with Gasteiger partial charge in [-0.3, -0.25) is 18.6 Å². The molecular weight excluding hydrogens is 306 g/mol. The van der Waals surface area contributed by atoms with Gasteiger partial charge in [0.15, 0.2) is 0 Å². The van der Waals surface area contributed by atoms with Gasteiger partial charge in [0.25, 0.3) is 11.5 Å². The van der Waals surface area contributed by atoms with Crippen LogP contribution in [0.4, 0.5) is 0 Å². The number of carbonyl (C=O) groups excluding carboxylic acids is 1. The Balaban J connectivity index is 1.76. The highest BCUT2D eigenvalue weighted by Gasteiger charge is 2.31. The molecule has 0 N–H and O–H groups in total. The monoisotopic (exact) mass is 323 g/mol. The van der Waals surface area contributed by atoms with Crippen LogP contribution in [-0.2, 0) is 20.1 Å². The molecule has 0 aliphatic carbocycles. The van der Waals surface area contributed by atoms with Crippen molar-refractivity contribution in [3.63, 3.8) is 0 Å². The van der Waals surface area contributed by atoms with Crippen LogP contribution in [-0.4, -0.2) is 29.7 Å². The van der Waals surface area contributed by atoms with Crippen LogP contribution in [0.1, 0.15) is 33.3 Å². The fourth-order valence-electron chi connectivity index (χ4n) is 3.19. The van der Waals surface area contributed by atoms with Crippen molar-refractivity contribution < 1.29 is 4.79 Å². The maximum absolute atomic E-state index is 13.0. The molecule has 3 aromatic rings. The van der Waals surface area contributed by atoms with Gasteiger partial charge >= 0.3 is 0 Å². The highest BCUT2D eigenvalue weighted by Crippen LogP contribution is 2.22. The molecule has 0 atom stereocenters. The van der Waals surface area contributed by atoms with Crippen LogP contribution in [0, 0.1) is 13.8 Å². The van der Waals surface area contributed by atoms with Crippen LogP contribution in [0.3, 0.4) is 0 Å². The first kappa shape index (κ1) is 14.6. The molecule has 0 spiro atoms. The van der Waals surface area contributed by atoms with Crippen molar-refractivity contribution >= 4 is 11.6 Å². The molecule has 4 rings (SSSR count). The van der Waals surface area contributed by atoms with Gasteiger partial charge in [-0.15, -0.1) is 0 Å². The third-order valence-electron chi connectivity index (χ3n) is 4.58. The Morgan fingerprint density at radius 3 is 2.75 bits per heavy atom. The lowest BCUT2D eigenvalue weighted by Crippen LogP contribution is -2.28. The molecule has 1 aliphatic heterocycles. The highest BCUT2D eigenvalue weighted by molar-refractivity contribution is 5.95. The number of imidazole rings is 1. The number of nitrogens with zero attached hydrogens (tertiary/aromatic N) is 5. The van der Waals surface area contributed by atoms with E-state index in [1.54, 1.807) is 23.3 Å². The Morgan fingerprint density at radius 2 is 1.96 bits per heavy atom. The minimum absolute atomic E-state index is 0.0809. The first-order valence-corrected chi connectivity index (χ1v) is 7.75. The van der Waals surface area contributed by atoms with E-state index in [0.29, 0.717) is 35.0 Å². The number of aromatic nitrogens is 4.